The lowest BCUT2D eigenvalue weighted by Crippen LogP contribution is -2.70. The van der Waals surface area contributed by atoms with Gasteiger partial charge in [0.05, 0.1) is 6.54 Å². The summed E-state index contributed by atoms with van der Waals surface area (Å²) in [6.07, 6.45) is 5.56. The third-order valence-electron chi connectivity index (χ3n) is 7.27. The first-order chi connectivity index (χ1) is 12.9. The van der Waals surface area contributed by atoms with Gasteiger partial charge in [0.2, 0.25) is 5.91 Å². The second-order valence-electron chi connectivity index (χ2n) is 8.86. The zero-order valence-electron chi connectivity index (χ0n) is 15.8. The zero-order chi connectivity index (χ0) is 18.8. The lowest BCUT2D eigenvalue weighted by Gasteiger charge is -2.61. The molecule has 2 heterocycles. The Kier molecular flexibility index (Phi) is 3.96. The number of fused-ring (bicyclic) bond motifs is 2. The fourth-order valence-corrected chi connectivity index (χ4v) is 5.85. The van der Waals surface area contributed by atoms with Crippen molar-refractivity contribution >= 4 is 27.7 Å². The lowest BCUT2D eigenvalue weighted by atomic mass is 9.64. The molecule has 1 N–H and O–H groups in total. The van der Waals surface area contributed by atoms with Crippen LogP contribution >= 0.6 is 15.9 Å². The van der Waals surface area contributed by atoms with Gasteiger partial charge in [0, 0.05) is 40.1 Å². The van der Waals surface area contributed by atoms with Crippen molar-refractivity contribution in [1.82, 2.24) is 15.1 Å². The number of hydrogen-bond donors (Lipinski definition) is 1. The maximum absolute atomic E-state index is 12.9. The number of halogens is 1. The number of carbonyl (C=O) groups excluding carboxylic acids is 2. The predicted molar refractivity (Wildman–Crippen MR) is 107 cm³/mol. The van der Waals surface area contributed by atoms with Crippen molar-refractivity contribution in [3.8, 4) is 0 Å². The molecule has 27 heavy (non-hydrogen) atoms. The standard InChI is InChI=1S/C21H26BrN3O2/c1-2-25-8-7-21(25)10-15(11-21)23-18(26)12-24-13-20(5-6-20)17-9-14(22)3-4-16(17)19(24)27/h3-4,9,15H,2,5-8,10-13H2,1H3,(H,23,26)/t15-,21+. The molecule has 144 valence electrons. The molecule has 1 aromatic carbocycles. The van der Waals surface area contributed by atoms with Crippen molar-refractivity contribution in [2.75, 3.05) is 26.2 Å². The first-order valence-corrected chi connectivity index (χ1v) is 10.9. The summed E-state index contributed by atoms with van der Waals surface area (Å²) in [6.45, 7) is 5.34. The van der Waals surface area contributed by atoms with Crippen LogP contribution in [0.15, 0.2) is 22.7 Å². The molecule has 0 aromatic heterocycles. The Labute approximate surface area is 168 Å². The van der Waals surface area contributed by atoms with Crippen LogP contribution in [-0.2, 0) is 10.2 Å². The van der Waals surface area contributed by atoms with Gasteiger partial charge in [-0.05, 0) is 62.4 Å². The summed E-state index contributed by atoms with van der Waals surface area (Å²) in [5, 5.41) is 3.17. The minimum absolute atomic E-state index is 0.00796. The first-order valence-electron chi connectivity index (χ1n) is 10.1. The van der Waals surface area contributed by atoms with E-state index in [-0.39, 0.29) is 29.8 Å². The van der Waals surface area contributed by atoms with E-state index in [1.165, 1.54) is 13.0 Å². The van der Waals surface area contributed by atoms with Gasteiger partial charge in [0.25, 0.3) is 5.91 Å². The normalized spacial score (nSPS) is 30.7. The average Bonchev–Trinajstić information content (AvgIpc) is 3.35. The maximum atomic E-state index is 12.9. The molecule has 5 rings (SSSR count). The van der Waals surface area contributed by atoms with Gasteiger partial charge < -0.3 is 10.2 Å². The third kappa shape index (κ3) is 2.75. The van der Waals surface area contributed by atoms with Crippen molar-refractivity contribution in [3.63, 3.8) is 0 Å². The minimum atomic E-state index is -0.0121. The molecular formula is C21H26BrN3O2. The molecule has 2 spiro atoms. The summed E-state index contributed by atoms with van der Waals surface area (Å²) < 4.78 is 1.02. The number of likely N-dealkylation sites (tertiary alicyclic amines) is 1. The van der Waals surface area contributed by atoms with Crippen LogP contribution in [0.4, 0.5) is 0 Å². The van der Waals surface area contributed by atoms with E-state index in [0.717, 1.165) is 47.8 Å². The summed E-state index contributed by atoms with van der Waals surface area (Å²) >= 11 is 3.52. The Morgan fingerprint density at radius 3 is 2.70 bits per heavy atom. The van der Waals surface area contributed by atoms with Gasteiger partial charge in [-0.1, -0.05) is 22.9 Å². The molecule has 0 atom stereocenters. The molecule has 4 aliphatic rings. The summed E-state index contributed by atoms with van der Waals surface area (Å²) in [5.41, 5.74) is 2.36. The molecule has 1 aromatic rings. The average molecular weight is 432 g/mol. The minimum Gasteiger partial charge on any atom is -0.352 e. The molecule has 2 aliphatic carbocycles. The van der Waals surface area contributed by atoms with E-state index in [4.69, 9.17) is 0 Å². The van der Waals surface area contributed by atoms with E-state index in [2.05, 4.69) is 39.1 Å². The molecule has 0 radical (unpaired) electrons. The maximum Gasteiger partial charge on any atom is 0.254 e. The van der Waals surface area contributed by atoms with E-state index in [0.29, 0.717) is 12.1 Å². The quantitative estimate of drug-likeness (QED) is 0.796. The molecule has 0 bridgehead atoms. The molecule has 6 heteroatoms. The zero-order valence-corrected chi connectivity index (χ0v) is 17.3. The topological polar surface area (TPSA) is 52.7 Å². The molecule has 5 nitrogen and oxygen atoms in total. The van der Waals surface area contributed by atoms with Gasteiger partial charge in [-0.2, -0.15) is 0 Å². The van der Waals surface area contributed by atoms with Gasteiger partial charge in [-0.3, -0.25) is 14.5 Å². The van der Waals surface area contributed by atoms with Crippen LogP contribution in [0.5, 0.6) is 0 Å². The highest BCUT2D eigenvalue weighted by Crippen LogP contribution is 2.52. The van der Waals surface area contributed by atoms with E-state index < -0.39 is 0 Å². The number of nitrogens with one attached hydrogen (secondary N) is 1. The second kappa shape index (κ2) is 6.05. The Morgan fingerprint density at radius 2 is 2.07 bits per heavy atom. The van der Waals surface area contributed by atoms with Crippen LogP contribution in [0, 0.1) is 0 Å². The molecule has 2 amide bonds. The van der Waals surface area contributed by atoms with E-state index in [1.54, 1.807) is 4.90 Å². The van der Waals surface area contributed by atoms with E-state index in [1.807, 2.05) is 12.1 Å². The molecule has 3 fully saturated rings. The van der Waals surface area contributed by atoms with Crippen LogP contribution in [0.25, 0.3) is 0 Å². The fourth-order valence-electron chi connectivity index (χ4n) is 5.49. The number of nitrogens with zero attached hydrogens (tertiary/aromatic N) is 2. The van der Waals surface area contributed by atoms with Gasteiger partial charge in [0.1, 0.15) is 0 Å². The second-order valence-corrected chi connectivity index (χ2v) is 9.77. The van der Waals surface area contributed by atoms with Crippen molar-refractivity contribution in [1.29, 1.82) is 0 Å². The number of rotatable bonds is 4. The van der Waals surface area contributed by atoms with Crippen molar-refractivity contribution in [3.05, 3.63) is 33.8 Å². The third-order valence-corrected chi connectivity index (χ3v) is 7.76. The van der Waals surface area contributed by atoms with Crippen LogP contribution in [0.2, 0.25) is 0 Å². The Morgan fingerprint density at radius 1 is 1.30 bits per heavy atom. The first kappa shape index (κ1) is 17.7. The Bertz CT molecular complexity index is 812. The number of carbonyl (C=O) groups is 2. The Hall–Kier alpha value is -1.40. The smallest absolute Gasteiger partial charge is 0.254 e. The highest BCUT2D eigenvalue weighted by Gasteiger charge is 2.54. The fraction of sp³-hybridized carbons (Fsp3) is 0.619. The molecule has 1 saturated heterocycles. The highest BCUT2D eigenvalue weighted by molar-refractivity contribution is 9.10. The molecule has 2 saturated carbocycles. The number of hydrogen-bond acceptors (Lipinski definition) is 3. The van der Waals surface area contributed by atoms with E-state index in [9.17, 15) is 9.59 Å². The van der Waals surface area contributed by atoms with Crippen molar-refractivity contribution in [2.45, 2.75) is 56.0 Å². The SMILES string of the molecule is CCN1CC[C@]12C[C@H](NC(=O)CN1CC3(CC3)c3cc(Br)ccc3C1=O)C2. The van der Waals surface area contributed by atoms with Crippen LogP contribution in [-0.4, -0.2) is 59.4 Å². The largest absolute Gasteiger partial charge is 0.352 e. The van der Waals surface area contributed by atoms with Gasteiger partial charge >= 0.3 is 0 Å². The monoisotopic (exact) mass is 431 g/mol. The Balaban J connectivity index is 1.22. The van der Waals surface area contributed by atoms with Gasteiger partial charge in [0.15, 0.2) is 0 Å². The predicted octanol–water partition coefficient (Wildman–Crippen LogP) is 2.68. The summed E-state index contributed by atoms with van der Waals surface area (Å²) in [5.74, 6) is -0.0201. The van der Waals surface area contributed by atoms with E-state index >= 15 is 0 Å². The van der Waals surface area contributed by atoms with Crippen molar-refractivity contribution in [2.24, 2.45) is 0 Å². The molecule has 0 unspecified atom stereocenters. The molecular weight excluding hydrogens is 406 g/mol. The van der Waals surface area contributed by atoms with Crippen LogP contribution in [0.3, 0.4) is 0 Å². The number of benzene rings is 1. The number of amides is 2. The van der Waals surface area contributed by atoms with Gasteiger partial charge in [-0.25, -0.2) is 0 Å². The molecule has 2 aliphatic heterocycles. The van der Waals surface area contributed by atoms with Crippen LogP contribution < -0.4 is 5.32 Å². The summed E-state index contributed by atoms with van der Waals surface area (Å²) in [7, 11) is 0. The summed E-state index contributed by atoms with van der Waals surface area (Å²) in [6, 6.07) is 6.17. The van der Waals surface area contributed by atoms with Gasteiger partial charge in [-0.15, -0.1) is 0 Å². The highest BCUT2D eigenvalue weighted by atomic mass is 79.9. The van der Waals surface area contributed by atoms with Crippen molar-refractivity contribution < 1.29 is 9.59 Å². The van der Waals surface area contributed by atoms with Crippen LogP contribution in [0.1, 0.15) is 54.9 Å². The lowest BCUT2D eigenvalue weighted by molar-refractivity contribution is -0.128. The summed E-state index contributed by atoms with van der Waals surface area (Å²) in [4.78, 5) is 29.8.